The number of sulfonamides is 1. The summed E-state index contributed by atoms with van der Waals surface area (Å²) in [6.07, 6.45) is 10.1. The van der Waals surface area contributed by atoms with Gasteiger partial charge in [0.05, 0.1) is 25.2 Å². The number of aromatic nitrogens is 1. The fourth-order valence-corrected chi connectivity index (χ4v) is 5.66. The standard InChI is InChI=1S/C31H33N3O7S.ClH/c1-22-19-31(32-41-22)33-42(36,37)26-10-7-24(8-11-26)28(35)12-9-25-20-27(23-5-3-4-6-23)30(38-2)21-29(25)40-18-15-34-13-16-39-17-14-34;/h3-5,7-12,19-21H,6,13-18H2,1-2H3,(H,32,33);1H/b12-9+;. The first-order chi connectivity index (χ1) is 20.3. The molecule has 0 atom stereocenters. The molecule has 0 spiro atoms. The highest BCUT2D eigenvalue weighted by Crippen LogP contribution is 2.37. The number of hydrogen-bond donors (Lipinski definition) is 1. The highest BCUT2D eigenvalue weighted by molar-refractivity contribution is 7.92. The Morgan fingerprint density at radius 2 is 1.88 bits per heavy atom. The highest BCUT2D eigenvalue weighted by Gasteiger charge is 2.18. The van der Waals surface area contributed by atoms with Crippen LogP contribution < -0.4 is 14.2 Å². The Hall–Kier alpha value is -3.90. The predicted molar refractivity (Wildman–Crippen MR) is 167 cm³/mol. The Kier molecular flexibility index (Phi) is 10.8. The summed E-state index contributed by atoms with van der Waals surface area (Å²) in [7, 11) is -2.26. The molecule has 1 aliphatic heterocycles. The Labute approximate surface area is 257 Å². The van der Waals surface area contributed by atoms with Crippen molar-refractivity contribution >= 4 is 45.7 Å². The summed E-state index contributed by atoms with van der Waals surface area (Å²) in [6.45, 7) is 6.05. The van der Waals surface area contributed by atoms with E-state index in [-0.39, 0.29) is 28.9 Å². The zero-order valence-corrected chi connectivity index (χ0v) is 25.6. The van der Waals surface area contributed by atoms with Gasteiger partial charge in [0.25, 0.3) is 10.0 Å². The summed E-state index contributed by atoms with van der Waals surface area (Å²) in [4.78, 5) is 15.4. The number of benzene rings is 2. The van der Waals surface area contributed by atoms with Gasteiger partial charge in [-0.1, -0.05) is 23.4 Å². The van der Waals surface area contributed by atoms with Gasteiger partial charge in [-0.2, -0.15) is 0 Å². The molecule has 2 heterocycles. The number of anilines is 1. The Bertz CT molecular complexity index is 1620. The SMILES string of the molecule is COc1cc(OCCN2CCOCC2)c(/C=C/C(=O)c2ccc(S(=O)(=O)Nc3cc(C)on3)cc2)cc1C1=CC=CC1.Cl. The number of halogens is 1. The van der Waals surface area contributed by atoms with Crippen LogP contribution in [0.2, 0.25) is 0 Å². The van der Waals surface area contributed by atoms with E-state index in [2.05, 4.69) is 20.9 Å². The third kappa shape index (κ3) is 8.14. The number of methoxy groups -OCH3 is 1. The van der Waals surface area contributed by atoms with Gasteiger partial charge in [-0.05, 0) is 61.4 Å². The number of nitrogens with one attached hydrogen (secondary N) is 1. The van der Waals surface area contributed by atoms with Crippen LogP contribution in [0, 0.1) is 6.92 Å². The number of ether oxygens (including phenoxy) is 3. The number of aryl methyl sites for hydroxylation is 1. The van der Waals surface area contributed by atoms with Gasteiger partial charge < -0.3 is 18.7 Å². The van der Waals surface area contributed by atoms with Crippen LogP contribution >= 0.6 is 12.4 Å². The summed E-state index contributed by atoms with van der Waals surface area (Å²) in [5.41, 5.74) is 3.12. The van der Waals surface area contributed by atoms with Crippen LogP contribution in [0.1, 0.15) is 33.7 Å². The first-order valence-corrected chi connectivity index (χ1v) is 15.1. The van der Waals surface area contributed by atoms with Crippen LogP contribution in [-0.4, -0.2) is 70.8 Å². The number of allylic oxidation sites excluding steroid dienone is 5. The molecule has 2 aromatic carbocycles. The lowest BCUT2D eigenvalue weighted by atomic mass is 9.99. The number of ketones is 1. The van der Waals surface area contributed by atoms with Crippen LogP contribution in [-0.2, 0) is 14.8 Å². The molecule has 1 aromatic heterocycles. The number of hydrogen-bond acceptors (Lipinski definition) is 9. The van der Waals surface area contributed by atoms with Crippen molar-refractivity contribution in [1.82, 2.24) is 10.1 Å². The van der Waals surface area contributed by atoms with Gasteiger partial charge in [0.15, 0.2) is 11.6 Å². The van der Waals surface area contributed by atoms with Crippen molar-refractivity contribution in [3.05, 3.63) is 89.2 Å². The fraction of sp³-hybridized carbons (Fsp3) is 0.290. The van der Waals surface area contributed by atoms with Crippen LogP contribution in [0.4, 0.5) is 5.82 Å². The lowest BCUT2D eigenvalue weighted by Gasteiger charge is -2.26. The molecule has 228 valence electrons. The van der Waals surface area contributed by atoms with Gasteiger partial charge in [0.1, 0.15) is 23.9 Å². The molecule has 1 N–H and O–H groups in total. The minimum absolute atomic E-state index is 0. The van der Waals surface area contributed by atoms with Crippen molar-refractivity contribution in [2.45, 2.75) is 18.2 Å². The average Bonchev–Trinajstić information content (AvgIpc) is 3.68. The zero-order valence-electron chi connectivity index (χ0n) is 23.9. The van der Waals surface area contributed by atoms with Crippen LogP contribution in [0.25, 0.3) is 11.6 Å². The van der Waals surface area contributed by atoms with Crippen molar-refractivity contribution in [3.8, 4) is 11.5 Å². The molecule has 10 nitrogen and oxygen atoms in total. The molecule has 3 aromatic rings. The smallest absolute Gasteiger partial charge is 0.263 e. The molecular formula is C31H34ClN3O7S. The summed E-state index contributed by atoms with van der Waals surface area (Å²) >= 11 is 0. The van der Waals surface area contributed by atoms with E-state index in [0.717, 1.165) is 42.8 Å². The van der Waals surface area contributed by atoms with Crippen LogP contribution in [0.3, 0.4) is 0 Å². The first-order valence-electron chi connectivity index (χ1n) is 13.6. The van der Waals surface area contributed by atoms with Crippen LogP contribution in [0.5, 0.6) is 11.5 Å². The van der Waals surface area contributed by atoms with E-state index in [1.165, 1.54) is 36.4 Å². The molecule has 0 radical (unpaired) electrons. The average molecular weight is 628 g/mol. The van der Waals surface area contributed by atoms with E-state index in [1.807, 2.05) is 24.3 Å². The van der Waals surface area contributed by atoms with Crippen molar-refractivity contribution in [1.29, 1.82) is 0 Å². The maximum Gasteiger partial charge on any atom is 0.263 e. The van der Waals surface area contributed by atoms with Gasteiger partial charge in [-0.15, -0.1) is 12.4 Å². The summed E-state index contributed by atoms with van der Waals surface area (Å²) < 4.78 is 50.0. The Morgan fingerprint density at radius 1 is 1.12 bits per heavy atom. The van der Waals surface area contributed by atoms with Gasteiger partial charge in [-0.25, -0.2) is 8.42 Å². The zero-order chi connectivity index (χ0) is 29.5. The molecular weight excluding hydrogens is 594 g/mol. The molecule has 0 bridgehead atoms. The third-order valence-electron chi connectivity index (χ3n) is 6.95. The molecule has 1 saturated heterocycles. The molecule has 12 heteroatoms. The summed E-state index contributed by atoms with van der Waals surface area (Å²) in [6, 6.07) is 11.0. The van der Waals surface area contributed by atoms with Crippen molar-refractivity contribution in [3.63, 3.8) is 0 Å². The summed E-state index contributed by atoms with van der Waals surface area (Å²) in [5.74, 6) is 1.58. The molecule has 43 heavy (non-hydrogen) atoms. The van der Waals surface area contributed by atoms with Gasteiger partial charge in [0.2, 0.25) is 0 Å². The number of carbonyl (C=O) groups excluding carboxylic acids is 1. The lowest BCUT2D eigenvalue weighted by Crippen LogP contribution is -2.38. The molecule has 0 saturated carbocycles. The molecule has 1 aliphatic carbocycles. The van der Waals surface area contributed by atoms with Crippen molar-refractivity contribution in [2.75, 3.05) is 51.3 Å². The van der Waals surface area contributed by atoms with Crippen LogP contribution in [0.15, 0.2) is 76.2 Å². The second kappa shape index (κ2) is 14.5. The molecule has 0 amide bonds. The minimum atomic E-state index is -3.89. The minimum Gasteiger partial charge on any atom is -0.496 e. The lowest BCUT2D eigenvalue weighted by molar-refractivity contribution is 0.0322. The van der Waals surface area contributed by atoms with E-state index < -0.39 is 10.0 Å². The largest absolute Gasteiger partial charge is 0.496 e. The molecule has 0 unspecified atom stereocenters. The van der Waals surface area contributed by atoms with E-state index in [0.29, 0.717) is 42.6 Å². The second-order valence-electron chi connectivity index (χ2n) is 9.87. The van der Waals surface area contributed by atoms with E-state index in [4.69, 9.17) is 18.7 Å². The number of rotatable bonds is 12. The normalized spacial score (nSPS) is 15.3. The molecule has 5 rings (SSSR count). The van der Waals surface area contributed by atoms with Gasteiger partial charge in [0, 0.05) is 48.5 Å². The number of morpholine rings is 1. The van der Waals surface area contributed by atoms with E-state index >= 15 is 0 Å². The molecule has 1 fully saturated rings. The van der Waals surface area contributed by atoms with Gasteiger partial charge in [-0.3, -0.25) is 14.4 Å². The maximum absolute atomic E-state index is 13.1. The first kappa shape index (κ1) is 32.0. The highest BCUT2D eigenvalue weighted by atomic mass is 35.5. The van der Waals surface area contributed by atoms with E-state index in [1.54, 1.807) is 20.1 Å². The fourth-order valence-electron chi connectivity index (χ4n) is 4.68. The van der Waals surface area contributed by atoms with E-state index in [9.17, 15) is 13.2 Å². The number of nitrogens with zero attached hydrogens (tertiary/aromatic N) is 2. The number of carbonyl (C=O) groups is 1. The van der Waals surface area contributed by atoms with Crippen molar-refractivity contribution < 1.29 is 31.9 Å². The third-order valence-corrected chi connectivity index (χ3v) is 8.32. The predicted octanol–water partition coefficient (Wildman–Crippen LogP) is 5.16. The maximum atomic E-state index is 13.1. The Morgan fingerprint density at radius 3 is 2.53 bits per heavy atom. The second-order valence-corrected chi connectivity index (χ2v) is 11.5. The van der Waals surface area contributed by atoms with Gasteiger partial charge >= 0.3 is 0 Å². The Balaban J connectivity index is 0.00000423. The quantitative estimate of drug-likeness (QED) is 0.214. The monoisotopic (exact) mass is 627 g/mol. The van der Waals surface area contributed by atoms with Crippen molar-refractivity contribution in [2.24, 2.45) is 0 Å². The topological polar surface area (TPSA) is 120 Å². The summed E-state index contributed by atoms with van der Waals surface area (Å²) in [5, 5.41) is 3.66. The molecule has 2 aliphatic rings.